The first-order valence-corrected chi connectivity index (χ1v) is 6.61. The van der Waals surface area contributed by atoms with Crippen LogP contribution in [-0.2, 0) is 16.1 Å². The zero-order chi connectivity index (χ0) is 14.3. The lowest BCUT2D eigenvalue weighted by atomic mass is 9.98. The number of rotatable bonds is 6. The van der Waals surface area contributed by atoms with Crippen LogP contribution in [0.25, 0.3) is 0 Å². The van der Waals surface area contributed by atoms with Crippen molar-refractivity contribution in [2.24, 2.45) is 5.92 Å². The quantitative estimate of drug-likeness (QED) is 0.633. The zero-order valence-electron chi connectivity index (χ0n) is 11.8. The van der Waals surface area contributed by atoms with Crippen LogP contribution >= 0.6 is 0 Å². The zero-order valence-corrected chi connectivity index (χ0v) is 11.8. The average molecular weight is 262 g/mol. The fourth-order valence-electron chi connectivity index (χ4n) is 1.83. The molecule has 3 heteroatoms. The first-order valence-electron chi connectivity index (χ1n) is 6.61. The Morgan fingerprint density at radius 1 is 1.37 bits per heavy atom. The van der Waals surface area contributed by atoms with Gasteiger partial charge in [0.1, 0.15) is 6.61 Å². The molecular formula is C16H22O3. The van der Waals surface area contributed by atoms with E-state index in [0.29, 0.717) is 0 Å². The number of aliphatic hydroxyl groups excluding tert-OH is 1. The van der Waals surface area contributed by atoms with Crippen LogP contribution in [0.1, 0.15) is 32.8 Å². The van der Waals surface area contributed by atoms with Crippen molar-refractivity contribution in [2.45, 2.75) is 39.9 Å². The van der Waals surface area contributed by atoms with E-state index in [9.17, 15) is 9.90 Å². The Hall–Kier alpha value is -1.61. The van der Waals surface area contributed by atoms with Crippen molar-refractivity contribution < 1.29 is 14.6 Å². The van der Waals surface area contributed by atoms with E-state index >= 15 is 0 Å². The van der Waals surface area contributed by atoms with Gasteiger partial charge in [-0.1, -0.05) is 43.3 Å². The Kier molecular flexibility index (Phi) is 6.30. The van der Waals surface area contributed by atoms with Crippen molar-refractivity contribution in [1.29, 1.82) is 0 Å². The molecule has 0 spiro atoms. The van der Waals surface area contributed by atoms with Gasteiger partial charge >= 0.3 is 5.97 Å². The van der Waals surface area contributed by atoms with Crippen LogP contribution < -0.4 is 0 Å². The van der Waals surface area contributed by atoms with Gasteiger partial charge in [-0.2, -0.15) is 0 Å². The number of hydrogen-bond donors (Lipinski definition) is 1. The molecule has 0 amide bonds. The molecule has 0 radical (unpaired) electrons. The van der Waals surface area contributed by atoms with E-state index < -0.39 is 12.0 Å². The van der Waals surface area contributed by atoms with Gasteiger partial charge in [0, 0.05) is 0 Å². The fourth-order valence-corrected chi connectivity index (χ4v) is 1.83. The fraction of sp³-hybridized carbons (Fsp3) is 0.438. The SMILES string of the molecule is CCC=C(C)C(O)C(C)C(=O)OCc1ccccc1. The molecule has 2 unspecified atom stereocenters. The number of carbonyl (C=O) groups is 1. The first kappa shape index (κ1) is 15.4. The number of carbonyl (C=O) groups excluding carboxylic acids is 1. The van der Waals surface area contributed by atoms with Crippen LogP contribution in [0.15, 0.2) is 42.0 Å². The molecule has 0 bridgehead atoms. The molecule has 1 N–H and O–H groups in total. The van der Waals surface area contributed by atoms with Crippen LogP contribution in [0.4, 0.5) is 0 Å². The topological polar surface area (TPSA) is 46.5 Å². The van der Waals surface area contributed by atoms with Crippen molar-refractivity contribution in [1.82, 2.24) is 0 Å². The van der Waals surface area contributed by atoms with Crippen LogP contribution in [0.5, 0.6) is 0 Å². The third-order valence-corrected chi connectivity index (χ3v) is 3.06. The van der Waals surface area contributed by atoms with Gasteiger partial charge in [-0.3, -0.25) is 4.79 Å². The maximum Gasteiger partial charge on any atom is 0.311 e. The second kappa shape index (κ2) is 7.74. The predicted molar refractivity (Wildman–Crippen MR) is 75.5 cm³/mol. The van der Waals surface area contributed by atoms with E-state index in [1.807, 2.05) is 50.3 Å². The summed E-state index contributed by atoms with van der Waals surface area (Å²) in [4.78, 5) is 11.9. The van der Waals surface area contributed by atoms with Crippen LogP contribution in [-0.4, -0.2) is 17.2 Å². The minimum absolute atomic E-state index is 0.243. The van der Waals surface area contributed by atoms with Crippen LogP contribution in [0.3, 0.4) is 0 Å². The number of esters is 1. The Bertz CT molecular complexity index is 423. The maximum absolute atomic E-state index is 11.9. The normalized spacial score (nSPS) is 14.8. The Labute approximate surface area is 114 Å². The van der Waals surface area contributed by atoms with Gasteiger partial charge in [0.15, 0.2) is 0 Å². The third kappa shape index (κ3) is 4.87. The lowest BCUT2D eigenvalue weighted by molar-refractivity contribution is -0.152. The van der Waals surface area contributed by atoms with Crippen molar-refractivity contribution in [2.75, 3.05) is 0 Å². The smallest absolute Gasteiger partial charge is 0.311 e. The van der Waals surface area contributed by atoms with Gasteiger partial charge in [-0.25, -0.2) is 0 Å². The van der Waals surface area contributed by atoms with Gasteiger partial charge in [0.05, 0.1) is 12.0 Å². The van der Waals surface area contributed by atoms with Crippen molar-refractivity contribution in [3.63, 3.8) is 0 Å². The lowest BCUT2D eigenvalue weighted by Gasteiger charge is -2.18. The van der Waals surface area contributed by atoms with Crippen molar-refractivity contribution >= 4 is 5.97 Å². The van der Waals surface area contributed by atoms with Crippen LogP contribution in [0, 0.1) is 5.92 Å². The van der Waals surface area contributed by atoms with Gasteiger partial charge < -0.3 is 9.84 Å². The van der Waals surface area contributed by atoms with E-state index in [0.717, 1.165) is 17.6 Å². The summed E-state index contributed by atoms with van der Waals surface area (Å²) in [6.45, 7) is 5.75. The second-order valence-corrected chi connectivity index (χ2v) is 4.68. The number of aliphatic hydroxyl groups is 1. The summed E-state index contributed by atoms with van der Waals surface area (Å²) in [5.74, 6) is -0.924. The molecule has 1 rings (SSSR count). The minimum Gasteiger partial charge on any atom is -0.461 e. The predicted octanol–water partition coefficient (Wildman–Crippen LogP) is 3.08. The number of allylic oxidation sites excluding steroid dienone is 1. The van der Waals surface area contributed by atoms with Gasteiger partial charge in [0.2, 0.25) is 0 Å². The molecule has 0 aromatic heterocycles. The molecular weight excluding hydrogens is 240 g/mol. The second-order valence-electron chi connectivity index (χ2n) is 4.68. The van der Waals surface area contributed by atoms with Gasteiger partial charge in [0.25, 0.3) is 0 Å². The molecule has 3 nitrogen and oxygen atoms in total. The molecule has 19 heavy (non-hydrogen) atoms. The molecule has 0 heterocycles. The Balaban J connectivity index is 2.51. The molecule has 0 aliphatic rings. The molecule has 1 aromatic carbocycles. The summed E-state index contributed by atoms with van der Waals surface area (Å²) in [5.41, 5.74) is 1.75. The summed E-state index contributed by atoms with van der Waals surface area (Å²) in [6.07, 6.45) is 1.99. The summed E-state index contributed by atoms with van der Waals surface area (Å²) in [7, 11) is 0. The highest BCUT2D eigenvalue weighted by molar-refractivity contribution is 5.73. The highest BCUT2D eigenvalue weighted by Gasteiger charge is 2.24. The van der Waals surface area contributed by atoms with E-state index in [1.165, 1.54) is 0 Å². The van der Waals surface area contributed by atoms with E-state index in [2.05, 4.69) is 0 Å². The highest BCUT2D eigenvalue weighted by atomic mass is 16.5. The summed E-state index contributed by atoms with van der Waals surface area (Å²) < 4.78 is 5.21. The van der Waals surface area contributed by atoms with Crippen molar-refractivity contribution in [3.05, 3.63) is 47.5 Å². The largest absolute Gasteiger partial charge is 0.461 e. The number of hydrogen-bond acceptors (Lipinski definition) is 3. The van der Waals surface area contributed by atoms with E-state index in [4.69, 9.17) is 4.74 Å². The van der Waals surface area contributed by atoms with Crippen molar-refractivity contribution in [3.8, 4) is 0 Å². The molecule has 2 atom stereocenters. The van der Waals surface area contributed by atoms with E-state index in [1.54, 1.807) is 6.92 Å². The lowest BCUT2D eigenvalue weighted by Crippen LogP contribution is -2.28. The van der Waals surface area contributed by atoms with Gasteiger partial charge in [-0.15, -0.1) is 0 Å². The maximum atomic E-state index is 11.9. The minimum atomic E-state index is -0.775. The molecule has 0 aliphatic carbocycles. The average Bonchev–Trinajstić information content (AvgIpc) is 2.44. The summed E-state index contributed by atoms with van der Waals surface area (Å²) in [6, 6.07) is 9.51. The molecule has 104 valence electrons. The standard InChI is InChI=1S/C16H22O3/c1-4-8-12(2)15(17)13(3)16(18)19-11-14-9-6-5-7-10-14/h5-10,13,15,17H,4,11H2,1-3H3. The summed E-state index contributed by atoms with van der Waals surface area (Å²) >= 11 is 0. The molecule has 0 saturated heterocycles. The third-order valence-electron chi connectivity index (χ3n) is 3.06. The first-order chi connectivity index (χ1) is 9.06. The molecule has 0 fully saturated rings. The Morgan fingerprint density at radius 2 is 2.00 bits per heavy atom. The number of benzene rings is 1. The molecule has 1 aromatic rings. The van der Waals surface area contributed by atoms with Gasteiger partial charge in [-0.05, 0) is 31.4 Å². The molecule has 0 saturated carbocycles. The highest BCUT2D eigenvalue weighted by Crippen LogP contribution is 2.15. The molecule has 0 aliphatic heterocycles. The monoisotopic (exact) mass is 262 g/mol. The Morgan fingerprint density at radius 3 is 2.58 bits per heavy atom. The van der Waals surface area contributed by atoms with E-state index in [-0.39, 0.29) is 12.6 Å². The number of ether oxygens (including phenoxy) is 1. The van der Waals surface area contributed by atoms with Crippen LogP contribution in [0.2, 0.25) is 0 Å². The summed E-state index contributed by atoms with van der Waals surface area (Å²) in [5, 5.41) is 10.0.